The quantitative estimate of drug-likeness (QED) is 0.928. The van der Waals surface area contributed by atoms with Crippen molar-refractivity contribution in [2.24, 2.45) is 5.73 Å². The first-order valence-corrected chi connectivity index (χ1v) is 8.20. The molecule has 1 atom stereocenters. The van der Waals surface area contributed by atoms with Crippen LogP contribution in [0.1, 0.15) is 40.5 Å². The topological polar surface area (TPSA) is 81.2 Å². The highest BCUT2D eigenvalue weighted by atomic mass is 16.2. The number of nitrogens with two attached hydrogens (primary N) is 1. The highest BCUT2D eigenvalue weighted by molar-refractivity contribution is 5.94. The number of aryl methyl sites for hydroxylation is 1. The summed E-state index contributed by atoms with van der Waals surface area (Å²) >= 11 is 0. The maximum absolute atomic E-state index is 12.7. The van der Waals surface area contributed by atoms with E-state index in [9.17, 15) is 9.59 Å². The van der Waals surface area contributed by atoms with Crippen LogP contribution in [0.5, 0.6) is 0 Å². The van der Waals surface area contributed by atoms with Gasteiger partial charge < -0.3 is 15.2 Å². The molecular formula is C18H22N4O2. The summed E-state index contributed by atoms with van der Waals surface area (Å²) in [4.78, 5) is 30.2. The maximum atomic E-state index is 12.7. The molecule has 2 aromatic rings. The summed E-state index contributed by atoms with van der Waals surface area (Å²) in [6, 6.07) is 7.65. The van der Waals surface area contributed by atoms with E-state index in [0.29, 0.717) is 12.1 Å². The summed E-state index contributed by atoms with van der Waals surface area (Å²) < 4.78 is 1.78. The molecule has 6 nitrogen and oxygen atoms in total. The number of carbonyl (C=O) groups is 2. The number of carbonyl (C=O) groups excluding carboxylic acids is 2. The molecule has 2 heterocycles. The van der Waals surface area contributed by atoms with Crippen LogP contribution >= 0.6 is 0 Å². The van der Waals surface area contributed by atoms with Gasteiger partial charge in [-0.2, -0.15) is 0 Å². The van der Waals surface area contributed by atoms with Crippen LogP contribution in [0.4, 0.5) is 0 Å². The summed E-state index contributed by atoms with van der Waals surface area (Å²) in [5.41, 5.74) is 7.14. The van der Waals surface area contributed by atoms with Gasteiger partial charge in [-0.15, -0.1) is 0 Å². The minimum absolute atomic E-state index is 0.0488. The first-order valence-electron chi connectivity index (χ1n) is 8.20. The van der Waals surface area contributed by atoms with E-state index in [2.05, 4.69) is 4.98 Å². The third-order valence-electron chi connectivity index (χ3n) is 4.45. The van der Waals surface area contributed by atoms with Crippen molar-refractivity contribution in [3.8, 4) is 0 Å². The molecule has 126 valence electrons. The van der Waals surface area contributed by atoms with Crippen LogP contribution in [-0.4, -0.2) is 39.4 Å². The van der Waals surface area contributed by atoms with E-state index in [1.807, 2.05) is 36.1 Å². The molecule has 24 heavy (non-hydrogen) atoms. The van der Waals surface area contributed by atoms with Gasteiger partial charge in [-0.3, -0.25) is 9.59 Å². The van der Waals surface area contributed by atoms with Crippen molar-refractivity contribution >= 4 is 11.8 Å². The van der Waals surface area contributed by atoms with E-state index in [0.717, 1.165) is 30.8 Å². The fourth-order valence-electron chi connectivity index (χ4n) is 3.23. The van der Waals surface area contributed by atoms with Crippen LogP contribution in [0.25, 0.3) is 0 Å². The van der Waals surface area contributed by atoms with Gasteiger partial charge in [-0.25, -0.2) is 4.98 Å². The lowest BCUT2D eigenvalue weighted by atomic mass is 9.96. The lowest BCUT2D eigenvalue weighted by Gasteiger charge is -2.32. The molecule has 0 bridgehead atoms. The second kappa shape index (κ2) is 6.86. The Morgan fingerprint density at radius 1 is 1.29 bits per heavy atom. The number of rotatable bonds is 4. The van der Waals surface area contributed by atoms with Gasteiger partial charge in [0.1, 0.15) is 12.4 Å². The Morgan fingerprint density at radius 3 is 2.75 bits per heavy atom. The zero-order valence-electron chi connectivity index (χ0n) is 13.8. The third kappa shape index (κ3) is 3.48. The molecule has 6 heteroatoms. The number of piperidine rings is 1. The average Bonchev–Trinajstić information content (AvgIpc) is 3.02. The Kier molecular flexibility index (Phi) is 4.64. The summed E-state index contributed by atoms with van der Waals surface area (Å²) in [6.07, 6.45) is 5.32. The van der Waals surface area contributed by atoms with E-state index < -0.39 is 5.91 Å². The number of aromatic nitrogens is 2. The molecule has 0 radical (unpaired) electrons. The molecule has 1 fully saturated rings. The minimum atomic E-state index is -0.391. The number of amides is 2. The van der Waals surface area contributed by atoms with Crippen LogP contribution in [0.3, 0.4) is 0 Å². The summed E-state index contributed by atoms with van der Waals surface area (Å²) in [6.45, 7) is 3.49. The molecular weight excluding hydrogens is 304 g/mol. The molecule has 1 aromatic carbocycles. The van der Waals surface area contributed by atoms with E-state index in [1.54, 1.807) is 17.0 Å². The van der Waals surface area contributed by atoms with E-state index in [1.165, 1.54) is 0 Å². The Hall–Kier alpha value is -2.63. The predicted molar refractivity (Wildman–Crippen MR) is 90.5 cm³/mol. The molecule has 3 rings (SSSR count). The van der Waals surface area contributed by atoms with Gasteiger partial charge in [-0.1, -0.05) is 17.7 Å². The van der Waals surface area contributed by atoms with E-state index in [-0.39, 0.29) is 18.4 Å². The van der Waals surface area contributed by atoms with Crippen molar-refractivity contribution in [2.45, 2.75) is 32.2 Å². The maximum Gasteiger partial charge on any atom is 0.253 e. The van der Waals surface area contributed by atoms with Crippen molar-refractivity contribution < 1.29 is 9.59 Å². The Bertz CT molecular complexity index is 736. The standard InChI is InChI=1S/C18H22N4O2/c1-13-4-6-14(7-5-13)18(24)22-9-2-3-15(11-22)17-20-8-10-21(17)12-16(19)23/h4-8,10,15H,2-3,9,11-12H2,1H3,(H2,19,23)/t15-/m0/s1. The average molecular weight is 326 g/mol. The highest BCUT2D eigenvalue weighted by Crippen LogP contribution is 2.26. The van der Waals surface area contributed by atoms with Crippen LogP contribution in [0.2, 0.25) is 0 Å². The number of likely N-dealkylation sites (tertiary alicyclic amines) is 1. The number of imidazole rings is 1. The third-order valence-corrected chi connectivity index (χ3v) is 4.45. The molecule has 1 saturated heterocycles. The summed E-state index contributed by atoms with van der Waals surface area (Å²) in [5.74, 6) is 0.614. The number of nitrogens with zero attached hydrogens (tertiary/aromatic N) is 3. The van der Waals surface area contributed by atoms with Crippen LogP contribution in [0.15, 0.2) is 36.7 Å². The predicted octanol–water partition coefficient (Wildman–Crippen LogP) is 1.70. The van der Waals surface area contributed by atoms with Crippen LogP contribution in [-0.2, 0) is 11.3 Å². The lowest BCUT2D eigenvalue weighted by Crippen LogP contribution is -2.40. The van der Waals surface area contributed by atoms with Gasteiger partial charge in [0.15, 0.2) is 0 Å². The van der Waals surface area contributed by atoms with Gasteiger partial charge in [0.05, 0.1) is 0 Å². The fourth-order valence-corrected chi connectivity index (χ4v) is 3.23. The van der Waals surface area contributed by atoms with Crippen molar-refractivity contribution in [3.63, 3.8) is 0 Å². The van der Waals surface area contributed by atoms with Crippen LogP contribution < -0.4 is 5.73 Å². The molecule has 0 aliphatic carbocycles. The largest absolute Gasteiger partial charge is 0.368 e. The van der Waals surface area contributed by atoms with Gasteiger partial charge in [0.2, 0.25) is 5.91 Å². The second-order valence-electron chi connectivity index (χ2n) is 6.34. The smallest absolute Gasteiger partial charge is 0.253 e. The van der Waals surface area contributed by atoms with Crippen molar-refractivity contribution in [1.82, 2.24) is 14.5 Å². The Morgan fingerprint density at radius 2 is 2.04 bits per heavy atom. The molecule has 1 aromatic heterocycles. The lowest BCUT2D eigenvalue weighted by molar-refractivity contribution is -0.118. The first kappa shape index (κ1) is 16.2. The monoisotopic (exact) mass is 326 g/mol. The molecule has 2 N–H and O–H groups in total. The minimum Gasteiger partial charge on any atom is -0.368 e. The highest BCUT2D eigenvalue weighted by Gasteiger charge is 2.28. The Labute approximate surface area is 141 Å². The van der Waals surface area contributed by atoms with Crippen LogP contribution in [0, 0.1) is 6.92 Å². The number of benzene rings is 1. The van der Waals surface area contributed by atoms with Gasteiger partial charge in [-0.05, 0) is 31.9 Å². The number of hydrogen-bond donors (Lipinski definition) is 1. The van der Waals surface area contributed by atoms with Crippen molar-refractivity contribution in [1.29, 1.82) is 0 Å². The second-order valence-corrected chi connectivity index (χ2v) is 6.34. The normalized spacial score (nSPS) is 17.7. The van der Waals surface area contributed by atoms with E-state index >= 15 is 0 Å². The molecule has 0 spiro atoms. The summed E-state index contributed by atoms with van der Waals surface area (Å²) in [7, 11) is 0. The Balaban J connectivity index is 1.75. The number of primary amides is 1. The first-order chi connectivity index (χ1) is 11.5. The van der Waals surface area contributed by atoms with Gasteiger partial charge >= 0.3 is 0 Å². The van der Waals surface area contributed by atoms with Crippen molar-refractivity contribution in [2.75, 3.05) is 13.1 Å². The molecule has 2 amide bonds. The van der Waals surface area contributed by atoms with Crippen molar-refractivity contribution in [3.05, 3.63) is 53.6 Å². The van der Waals surface area contributed by atoms with E-state index in [4.69, 9.17) is 5.73 Å². The summed E-state index contributed by atoms with van der Waals surface area (Å²) in [5, 5.41) is 0. The fraction of sp³-hybridized carbons (Fsp3) is 0.389. The molecule has 1 aliphatic heterocycles. The molecule has 0 saturated carbocycles. The zero-order valence-corrected chi connectivity index (χ0v) is 13.8. The number of hydrogen-bond acceptors (Lipinski definition) is 3. The molecule has 1 aliphatic rings. The van der Waals surface area contributed by atoms with Gasteiger partial charge in [0.25, 0.3) is 5.91 Å². The van der Waals surface area contributed by atoms with Gasteiger partial charge in [0, 0.05) is 37.0 Å². The zero-order chi connectivity index (χ0) is 17.1. The SMILES string of the molecule is Cc1ccc(C(=O)N2CCC[C@H](c3nccn3CC(N)=O)C2)cc1. The molecule has 0 unspecified atom stereocenters.